The molecule has 0 spiro atoms. The van der Waals surface area contributed by atoms with E-state index < -0.39 is 9.84 Å². The molecule has 0 N–H and O–H groups in total. The molecule has 4 aromatic heterocycles. The first-order valence-electron chi connectivity index (χ1n) is 29.3. The molecule has 13 heteroatoms. The van der Waals surface area contributed by atoms with Crippen molar-refractivity contribution in [3.05, 3.63) is 272 Å². The van der Waals surface area contributed by atoms with Crippen molar-refractivity contribution in [1.29, 1.82) is 5.26 Å². The van der Waals surface area contributed by atoms with E-state index >= 15 is 0 Å². The molecular weight excluding hydrogens is 1120 g/mol. The van der Waals surface area contributed by atoms with Crippen LogP contribution in [0.15, 0.2) is 277 Å². The van der Waals surface area contributed by atoms with Gasteiger partial charge in [0.15, 0.2) is 17.5 Å². The number of hydrogen-bond acceptors (Lipinski definition) is 8. The molecule has 0 bridgehead atoms. The van der Waals surface area contributed by atoms with Crippen molar-refractivity contribution in [2.75, 3.05) is 0 Å². The van der Waals surface area contributed by atoms with E-state index in [0.717, 1.165) is 139 Å². The molecule has 89 heavy (non-hydrogen) atoms. The van der Waals surface area contributed by atoms with Crippen LogP contribution in [0.3, 0.4) is 0 Å². The van der Waals surface area contributed by atoms with Crippen LogP contribution >= 0.6 is 0 Å². The lowest BCUT2D eigenvalue weighted by molar-refractivity contribution is 0.464. The molecule has 16 aromatic rings. The molecule has 2 aliphatic heterocycles. The van der Waals surface area contributed by atoms with Crippen molar-refractivity contribution in [3.8, 4) is 80.3 Å². The Hall–Kier alpha value is -11.8. The topological polar surface area (TPSA) is 130 Å². The number of benzene rings is 12. The predicted molar refractivity (Wildman–Crippen MR) is 353 cm³/mol. The normalized spacial score (nSPS) is 12.5. The zero-order valence-corrected chi connectivity index (χ0v) is 48.0. The minimum atomic E-state index is -4.01. The third-order valence-corrected chi connectivity index (χ3v) is 19.4. The smallest absolute Gasteiger partial charge is 0.260 e. The number of sulfone groups is 1. The number of aromatic nitrogens is 6. The Morgan fingerprint density at radius 2 is 0.775 bits per heavy atom. The van der Waals surface area contributed by atoms with E-state index in [1.165, 1.54) is 12.1 Å². The molecule has 18 rings (SSSR count). The first-order chi connectivity index (χ1) is 43.9. The van der Waals surface area contributed by atoms with Gasteiger partial charge in [-0.2, -0.15) is 5.26 Å². The average molecular weight is 1160 g/mol. The van der Waals surface area contributed by atoms with Gasteiger partial charge in [-0.05, 0) is 108 Å². The van der Waals surface area contributed by atoms with Gasteiger partial charge in [0.1, 0.15) is 23.0 Å². The molecule has 0 saturated heterocycles. The first kappa shape index (κ1) is 50.5. The van der Waals surface area contributed by atoms with Crippen molar-refractivity contribution in [2.45, 2.75) is 9.79 Å². The molecule has 0 saturated carbocycles. The van der Waals surface area contributed by atoms with Crippen molar-refractivity contribution in [2.24, 2.45) is 0 Å². The number of fused-ring (bicyclic) bond motifs is 16. The largest absolute Gasteiger partial charge is 0.458 e. The molecule has 2 aliphatic rings. The van der Waals surface area contributed by atoms with Gasteiger partial charge in [-0.15, -0.1) is 0 Å². The summed E-state index contributed by atoms with van der Waals surface area (Å²) >= 11 is 0. The molecule has 0 atom stereocenters. The van der Waals surface area contributed by atoms with Crippen LogP contribution in [0.5, 0.6) is 23.0 Å². The Morgan fingerprint density at radius 3 is 1.25 bits per heavy atom. The van der Waals surface area contributed by atoms with Crippen LogP contribution in [0.25, 0.3) is 117 Å². The summed E-state index contributed by atoms with van der Waals surface area (Å²) in [5.74, 6) is 4.74. The van der Waals surface area contributed by atoms with Gasteiger partial charge in [0.2, 0.25) is 9.84 Å². The monoisotopic (exact) mass is 1160 g/mol. The minimum Gasteiger partial charge on any atom is -0.458 e. The van der Waals surface area contributed by atoms with Crippen molar-refractivity contribution in [3.63, 3.8) is 0 Å². The molecular formula is C76H44BN7O4S. The lowest BCUT2D eigenvalue weighted by Crippen LogP contribution is -2.57. The van der Waals surface area contributed by atoms with Crippen LogP contribution in [0.2, 0.25) is 0 Å². The van der Waals surface area contributed by atoms with Gasteiger partial charge in [0.05, 0.1) is 60.2 Å². The van der Waals surface area contributed by atoms with Crippen molar-refractivity contribution in [1.82, 2.24) is 28.7 Å². The highest BCUT2D eigenvalue weighted by molar-refractivity contribution is 7.91. The molecule has 12 aromatic carbocycles. The zero-order chi connectivity index (χ0) is 59.1. The summed E-state index contributed by atoms with van der Waals surface area (Å²) in [7, 11) is -4.01. The molecule has 0 unspecified atom stereocenters. The summed E-state index contributed by atoms with van der Waals surface area (Å²) in [6.45, 7) is -0.112. The van der Waals surface area contributed by atoms with Gasteiger partial charge in [0, 0.05) is 78.0 Å². The second-order valence-corrected chi connectivity index (χ2v) is 24.5. The van der Waals surface area contributed by atoms with Crippen LogP contribution in [0.4, 0.5) is 0 Å². The van der Waals surface area contributed by atoms with E-state index in [-0.39, 0.29) is 22.1 Å². The fourth-order valence-electron chi connectivity index (χ4n) is 13.8. The minimum absolute atomic E-state index is 0.0529. The maximum atomic E-state index is 14.4. The third kappa shape index (κ3) is 7.57. The molecule has 6 heterocycles. The van der Waals surface area contributed by atoms with Gasteiger partial charge in [-0.1, -0.05) is 158 Å². The Labute approximate surface area is 509 Å². The van der Waals surface area contributed by atoms with Crippen molar-refractivity contribution < 1.29 is 17.9 Å². The van der Waals surface area contributed by atoms with Crippen LogP contribution in [0, 0.1) is 11.3 Å². The van der Waals surface area contributed by atoms with Gasteiger partial charge < -0.3 is 23.2 Å². The fraction of sp³-hybridized carbons (Fsp3) is 0. The standard InChI is InChI=1S/C76H44BN7O4S/c78-45-46-18-17-23-54(42-46)89(85,86)53-40-38-51(39-41-53)83-61-30-13-8-25-56(61)68-72(83)67-55-24-7-12-29-60(55)82(50-36-34-49(35-37-50)76-80-74(47-19-3-1-4-20-47)79-75(81-76)48-21-5-2-6-22-48)71(67)69-57-26-9-14-31-62(57)84(73(68)69)52-43-65-70-66(44-52)88-64-33-16-11-28-59(64)77(70)58-27-10-15-32-63(58)87-65/h1-44H. The van der Waals surface area contributed by atoms with Crippen LogP contribution in [-0.2, 0) is 9.84 Å². The number of nitrogens with zero attached hydrogens (tertiary/aromatic N) is 7. The Bertz CT molecular complexity index is 5710. The summed E-state index contributed by atoms with van der Waals surface area (Å²) in [5, 5.41) is 15.8. The van der Waals surface area contributed by atoms with E-state index in [2.05, 4.69) is 153 Å². The van der Waals surface area contributed by atoms with E-state index in [9.17, 15) is 13.7 Å². The number of rotatable bonds is 8. The third-order valence-electron chi connectivity index (χ3n) is 17.6. The summed E-state index contributed by atoms with van der Waals surface area (Å²) in [4.78, 5) is 15.4. The van der Waals surface area contributed by atoms with Crippen LogP contribution < -0.4 is 25.9 Å². The number of para-hydroxylation sites is 5. The van der Waals surface area contributed by atoms with Crippen LogP contribution in [-0.4, -0.2) is 43.8 Å². The average Bonchev–Trinajstić information content (AvgIpc) is 1.52. The number of hydrogen-bond donors (Lipinski definition) is 0. The first-order valence-corrected chi connectivity index (χ1v) is 30.8. The van der Waals surface area contributed by atoms with Gasteiger partial charge in [0.25, 0.3) is 6.71 Å². The SMILES string of the molecule is N#Cc1cccc(S(=O)(=O)c2ccc(-n3c4ccccc4c4c3c3c5ccccc5n(-c5ccc(-c6nc(-c7ccccc7)nc(-c7ccccc7)n6)cc5)c3c3c5ccccc5n(-c5cc6c7c(c5)Oc5ccccc5B7c5ccccc5O6)c34)cc2)c1. The summed E-state index contributed by atoms with van der Waals surface area (Å²) in [6, 6.07) is 90.5. The Kier molecular flexibility index (Phi) is 11.0. The van der Waals surface area contributed by atoms with E-state index in [1.54, 1.807) is 24.3 Å². The molecule has 11 nitrogen and oxygen atoms in total. The predicted octanol–water partition coefficient (Wildman–Crippen LogP) is 15.6. The maximum Gasteiger partial charge on any atom is 0.260 e. The second kappa shape index (κ2) is 19.3. The molecule has 0 fully saturated rings. The number of nitriles is 1. The van der Waals surface area contributed by atoms with E-state index in [1.807, 2.05) is 97.1 Å². The second-order valence-electron chi connectivity index (χ2n) is 22.5. The summed E-state index contributed by atoms with van der Waals surface area (Å²) in [5.41, 5.74) is 14.3. The molecule has 0 radical (unpaired) electrons. The lowest BCUT2D eigenvalue weighted by atomic mass is 9.35. The van der Waals surface area contributed by atoms with Crippen LogP contribution in [0.1, 0.15) is 5.56 Å². The lowest BCUT2D eigenvalue weighted by Gasteiger charge is -2.33. The fourth-order valence-corrected chi connectivity index (χ4v) is 15.1. The zero-order valence-electron chi connectivity index (χ0n) is 47.2. The highest BCUT2D eigenvalue weighted by Gasteiger charge is 2.41. The summed E-state index contributed by atoms with van der Waals surface area (Å²) < 4.78 is 49.8. The molecule has 0 amide bonds. The highest BCUT2D eigenvalue weighted by atomic mass is 32.2. The van der Waals surface area contributed by atoms with E-state index in [4.69, 9.17) is 24.4 Å². The molecule has 0 aliphatic carbocycles. The highest BCUT2D eigenvalue weighted by Crippen LogP contribution is 2.51. The molecule has 416 valence electrons. The Balaban J connectivity index is 0.939. The van der Waals surface area contributed by atoms with E-state index in [0.29, 0.717) is 17.5 Å². The Morgan fingerprint density at radius 1 is 0.371 bits per heavy atom. The quantitative estimate of drug-likeness (QED) is 0.138. The number of ether oxygens (including phenoxy) is 2. The maximum absolute atomic E-state index is 14.4. The van der Waals surface area contributed by atoms with Gasteiger partial charge in [-0.3, -0.25) is 0 Å². The summed E-state index contributed by atoms with van der Waals surface area (Å²) in [6.07, 6.45) is 0. The van der Waals surface area contributed by atoms with Gasteiger partial charge in [-0.25, -0.2) is 23.4 Å². The van der Waals surface area contributed by atoms with Gasteiger partial charge >= 0.3 is 0 Å². The van der Waals surface area contributed by atoms with Crippen molar-refractivity contribution >= 4 is 98.4 Å².